The van der Waals surface area contributed by atoms with E-state index in [4.69, 9.17) is 4.98 Å². The van der Waals surface area contributed by atoms with Gasteiger partial charge in [-0.25, -0.2) is 9.97 Å². The van der Waals surface area contributed by atoms with Crippen molar-refractivity contribution in [1.29, 1.82) is 0 Å². The van der Waals surface area contributed by atoms with Gasteiger partial charge in [-0.2, -0.15) is 0 Å². The minimum atomic E-state index is -0.0709. The number of benzene rings is 2. The molecule has 2 aromatic carbocycles. The van der Waals surface area contributed by atoms with Crippen LogP contribution in [-0.2, 0) is 0 Å². The van der Waals surface area contributed by atoms with Gasteiger partial charge in [-0.05, 0) is 70.2 Å². The lowest BCUT2D eigenvalue weighted by atomic mass is 10.1. The highest BCUT2D eigenvalue weighted by Crippen LogP contribution is 2.33. The molecule has 0 N–H and O–H groups in total. The molecule has 5 nitrogen and oxygen atoms in total. The summed E-state index contributed by atoms with van der Waals surface area (Å²) in [7, 11) is 4.09. The van der Waals surface area contributed by atoms with Crippen LogP contribution in [0.5, 0.6) is 0 Å². The number of carbonyl (C=O) groups is 1. The molecule has 4 aromatic rings. The number of carbonyl (C=O) groups excluding carboxylic acids is 1. The molecule has 0 radical (unpaired) electrons. The normalized spacial score (nSPS) is 11.6. The van der Waals surface area contributed by atoms with E-state index in [1.54, 1.807) is 16.2 Å². The van der Waals surface area contributed by atoms with Gasteiger partial charge in [0.1, 0.15) is 0 Å². The summed E-state index contributed by atoms with van der Waals surface area (Å²) in [6.45, 7) is 5.70. The summed E-state index contributed by atoms with van der Waals surface area (Å²) in [5, 5.41) is 1.26. The van der Waals surface area contributed by atoms with Gasteiger partial charge in [0.25, 0.3) is 5.91 Å². The second kappa shape index (κ2) is 8.18. The number of thiazole rings is 2. The zero-order valence-corrected chi connectivity index (χ0v) is 18.7. The zero-order chi connectivity index (χ0) is 20.5. The average molecular weight is 425 g/mol. The summed E-state index contributed by atoms with van der Waals surface area (Å²) in [5.74, 6) is -0.0709. The predicted octanol–water partition coefficient (Wildman–Crippen LogP) is 5.12. The fraction of sp³-hybridized carbons (Fsp3) is 0.318. The summed E-state index contributed by atoms with van der Waals surface area (Å²) in [4.78, 5) is 26.8. The van der Waals surface area contributed by atoms with Crippen LogP contribution in [0.1, 0.15) is 27.3 Å². The standard InChI is InChI=1S/C22H24N4OS2/c1-14-12-15(2)19-17(13-14)24-22(29-19)26(11-7-10-25(3)4)21(27)20-23-16-8-5-6-9-18(16)28-20/h5-6,8-9,12-13H,7,10-11H2,1-4H3. The number of aromatic nitrogens is 2. The molecule has 0 atom stereocenters. The predicted molar refractivity (Wildman–Crippen MR) is 124 cm³/mol. The van der Waals surface area contributed by atoms with Crippen LogP contribution in [0.3, 0.4) is 0 Å². The summed E-state index contributed by atoms with van der Waals surface area (Å²) in [6, 6.07) is 12.1. The van der Waals surface area contributed by atoms with E-state index in [1.807, 2.05) is 38.4 Å². The minimum Gasteiger partial charge on any atom is -0.309 e. The second-order valence-electron chi connectivity index (χ2n) is 7.53. The smallest absolute Gasteiger partial charge is 0.289 e. The van der Waals surface area contributed by atoms with E-state index < -0.39 is 0 Å². The van der Waals surface area contributed by atoms with E-state index in [2.05, 4.69) is 35.9 Å². The van der Waals surface area contributed by atoms with E-state index in [-0.39, 0.29) is 5.91 Å². The largest absolute Gasteiger partial charge is 0.309 e. The first kappa shape index (κ1) is 19.9. The first-order valence-corrected chi connectivity index (χ1v) is 11.3. The number of hydrogen-bond acceptors (Lipinski definition) is 6. The van der Waals surface area contributed by atoms with Crippen LogP contribution in [0, 0.1) is 13.8 Å². The molecule has 29 heavy (non-hydrogen) atoms. The Kier molecular flexibility index (Phi) is 5.63. The molecule has 150 valence electrons. The molecule has 0 saturated carbocycles. The van der Waals surface area contributed by atoms with Crippen molar-refractivity contribution in [3.63, 3.8) is 0 Å². The second-order valence-corrected chi connectivity index (χ2v) is 9.54. The third-order valence-electron chi connectivity index (χ3n) is 4.75. The number of rotatable bonds is 6. The molecule has 0 fully saturated rings. The summed E-state index contributed by atoms with van der Waals surface area (Å²) >= 11 is 3.03. The molecule has 7 heteroatoms. The molecule has 0 bridgehead atoms. The number of amides is 1. The van der Waals surface area contributed by atoms with Crippen molar-refractivity contribution < 1.29 is 4.79 Å². The molecule has 0 aliphatic heterocycles. The van der Waals surface area contributed by atoms with E-state index >= 15 is 0 Å². The quantitative estimate of drug-likeness (QED) is 0.431. The lowest BCUT2D eigenvalue weighted by molar-refractivity contribution is 0.0986. The third kappa shape index (κ3) is 4.17. The Morgan fingerprint density at radius 3 is 2.55 bits per heavy atom. The molecule has 0 saturated heterocycles. The Hall–Kier alpha value is -2.35. The molecule has 2 aromatic heterocycles. The van der Waals surface area contributed by atoms with Gasteiger partial charge >= 0.3 is 0 Å². The van der Waals surface area contributed by atoms with Crippen LogP contribution in [-0.4, -0.2) is 48.0 Å². The molecule has 0 aliphatic rings. The van der Waals surface area contributed by atoms with Crippen LogP contribution < -0.4 is 4.90 Å². The molecule has 0 aliphatic carbocycles. The monoisotopic (exact) mass is 424 g/mol. The van der Waals surface area contributed by atoms with Crippen LogP contribution in [0.2, 0.25) is 0 Å². The fourth-order valence-electron chi connectivity index (χ4n) is 3.39. The highest BCUT2D eigenvalue weighted by Gasteiger charge is 2.24. The molecule has 0 spiro atoms. The van der Waals surface area contributed by atoms with Gasteiger partial charge < -0.3 is 4.90 Å². The first-order valence-electron chi connectivity index (χ1n) is 9.62. The summed E-state index contributed by atoms with van der Waals surface area (Å²) < 4.78 is 2.17. The van der Waals surface area contributed by atoms with Crippen LogP contribution in [0.25, 0.3) is 20.4 Å². The Morgan fingerprint density at radius 2 is 1.79 bits per heavy atom. The van der Waals surface area contributed by atoms with Gasteiger partial charge in [0.15, 0.2) is 10.1 Å². The first-order chi connectivity index (χ1) is 13.9. The van der Waals surface area contributed by atoms with Crippen molar-refractivity contribution in [3.8, 4) is 0 Å². The minimum absolute atomic E-state index is 0.0709. The van der Waals surface area contributed by atoms with E-state index in [0.29, 0.717) is 11.6 Å². The van der Waals surface area contributed by atoms with E-state index in [0.717, 1.165) is 38.5 Å². The van der Waals surface area contributed by atoms with Crippen molar-refractivity contribution in [3.05, 3.63) is 52.5 Å². The Labute approximate surface area is 178 Å². The molecular formula is C22H24N4OS2. The molecular weight excluding hydrogens is 400 g/mol. The van der Waals surface area contributed by atoms with E-state index in [1.165, 1.54) is 22.5 Å². The van der Waals surface area contributed by atoms with Crippen LogP contribution in [0.15, 0.2) is 36.4 Å². The van der Waals surface area contributed by atoms with Gasteiger partial charge in [0.05, 0.1) is 20.4 Å². The maximum atomic E-state index is 13.4. The Morgan fingerprint density at radius 1 is 1.00 bits per heavy atom. The van der Waals surface area contributed by atoms with Gasteiger partial charge in [0, 0.05) is 6.54 Å². The van der Waals surface area contributed by atoms with Crippen molar-refractivity contribution in [2.45, 2.75) is 20.3 Å². The third-order valence-corrected chi connectivity index (χ3v) is 7.00. The van der Waals surface area contributed by atoms with E-state index in [9.17, 15) is 4.79 Å². The maximum Gasteiger partial charge on any atom is 0.289 e. The van der Waals surface area contributed by atoms with Gasteiger partial charge in [-0.15, -0.1) is 11.3 Å². The zero-order valence-electron chi connectivity index (χ0n) is 17.1. The summed E-state index contributed by atoms with van der Waals surface area (Å²) in [5.41, 5.74) is 4.20. The highest BCUT2D eigenvalue weighted by atomic mass is 32.1. The topological polar surface area (TPSA) is 49.3 Å². The van der Waals surface area contributed by atoms with Crippen LogP contribution in [0.4, 0.5) is 5.13 Å². The fourth-order valence-corrected chi connectivity index (χ4v) is 5.34. The number of anilines is 1. The van der Waals surface area contributed by atoms with Gasteiger partial charge in [-0.3, -0.25) is 9.69 Å². The lowest BCUT2D eigenvalue weighted by Crippen LogP contribution is -2.33. The highest BCUT2D eigenvalue weighted by molar-refractivity contribution is 7.23. The number of para-hydroxylation sites is 1. The van der Waals surface area contributed by atoms with Crippen molar-refractivity contribution in [2.75, 3.05) is 32.1 Å². The number of fused-ring (bicyclic) bond motifs is 2. The molecule has 4 rings (SSSR count). The van der Waals surface area contributed by atoms with Gasteiger partial charge in [0.2, 0.25) is 0 Å². The molecule has 0 unspecified atom stereocenters. The Balaban J connectivity index is 1.72. The summed E-state index contributed by atoms with van der Waals surface area (Å²) in [6.07, 6.45) is 0.873. The maximum absolute atomic E-state index is 13.4. The van der Waals surface area contributed by atoms with Gasteiger partial charge in [-0.1, -0.05) is 29.5 Å². The Bertz CT molecular complexity index is 1150. The number of hydrogen-bond donors (Lipinski definition) is 0. The average Bonchev–Trinajstić information content (AvgIpc) is 3.28. The lowest BCUT2D eigenvalue weighted by Gasteiger charge is -2.19. The number of nitrogens with zero attached hydrogens (tertiary/aromatic N) is 4. The SMILES string of the molecule is Cc1cc(C)c2sc(N(CCCN(C)C)C(=O)c3nc4ccccc4s3)nc2c1. The molecule has 2 heterocycles. The van der Waals surface area contributed by atoms with Crippen molar-refractivity contribution >= 4 is 54.1 Å². The van der Waals surface area contributed by atoms with Crippen molar-refractivity contribution in [2.24, 2.45) is 0 Å². The van der Waals surface area contributed by atoms with Crippen molar-refractivity contribution in [1.82, 2.24) is 14.9 Å². The number of aryl methyl sites for hydroxylation is 2. The molecule has 1 amide bonds. The van der Waals surface area contributed by atoms with Crippen LogP contribution >= 0.6 is 22.7 Å².